The van der Waals surface area contributed by atoms with Crippen LogP contribution < -0.4 is 4.90 Å². The van der Waals surface area contributed by atoms with Gasteiger partial charge in [0.05, 0.1) is 30.3 Å². The van der Waals surface area contributed by atoms with Crippen LogP contribution in [0.2, 0.25) is 0 Å². The van der Waals surface area contributed by atoms with Crippen LogP contribution in [0.15, 0.2) is 30.3 Å². The summed E-state index contributed by atoms with van der Waals surface area (Å²) in [4.78, 5) is 21.3. The van der Waals surface area contributed by atoms with Crippen molar-refractivity contribution in [2.45, 2.75) is 24.9 Å². The molecule has 1 N–H and O–H groups in total. The fourth-order valence-corrected chi connectivity index (χ4v) is 4.47. The smallest absolute Gasteiger partial charge is 0.336 e. The van der Waals surface area contributed by atoms with Crippen molar-refractivity contribution in [3.8, 4) is 0 Å². The first-order valence-electron chi connectivity index (χ1n) is 9.42. The zero-order chi connectivity index (χ0) is 17.7. The van der Waals surface area contributed by atoms with Gasteiger partial charge in [-0.15, -0.1) is 0 Å². The second kappa shape index (κ2) is 6.21. The summed E-state index contributed by atoms with van der Waals surface area (Å²) in [6.45, 7) is 4.32. The number of pyridine rings is 1. The number of para-hydroxylation sites is 1. The van der Waals surface area contributed by atoms with E-state index in [1.807, 2.05) is 24.3 Å². The first kappa shape index (κ1) is 16.0. The van der Waals surface area contributed by atoms with Gasteiger partial charge >= 0.3 is 5.97 Å². The Morgan fingerprint density at radius 1 is 1.19 bits per heavy atom. The quantitative estimate of drug-likeness (QED) is 0.913. The Hall–Kier alpha value is -2.18. The van der Waals surface area contributed by atoms with Gasteiger partial charge in [0, 0.05) is 31.1 Å². The minimum absolute atomic E-state index is 0.323. The third kappa shape index (κ3) is 2.73. The largest absolute Gasteiger partial charge is 0.478 e. The van der Waals surface area contributed by atoms with Gasteiger partial charge in [0.2, 0.25) is 0 Å². The molecule has 2 saturated heterocycles. The molecular formula is C20H23N3O3. The van der Waals surface area contributed by atoms with Gasteiger partial charge in [-0.1, -0.05) is 18.2 Å². The Morgan fingerprint density at radius 3 is 2.85 bits per heavy atom. The maximum absolute atomic E-state index is 11.7. The van der Waals surface area contributed by atoms with E-state index < -0.39 is 5.97 Å². The third-order valence-electron chi connectivity index (χ3n) is 5.98. The fraction of sp³-hybridized carbons (Fsp3) is 0.500. The monoisotopic (exact) mass is 353 g/mol. The van der Waals surface area contributed by atoms with E-state index >= 15 is 0 Å². The van der Waals surface area contributed by atoms with Gasteiger partial charge < -0.3 is 14.7 Å². The summed E-state index contributed by atoms with van der Waals surface area (Å²) >= 11 is 0. The molecule has 136 valence electrons. The van der Waals surface area contributed by atoms with E-state index in [1.54, 1.807) is 6.07 Å². The molecule has 2 aliphatic heterocycles. The Kier molecular flexibility index (Phi) is 3.83. The average Bonchev–Trinajstić information content (AvgIpc) is 3.51. The Balaban J connectivity index is 1.44. The number of hydrogen-bond acceptors (Lipinski definition) is 5. The highest BCUT2D eigenvalue weighted by Gasteiger charge is 2.43. The van der Waals surface area contributed by atoms with Crippen molar-refractivity contribution in [3.05, 3.63) is 35.9 Å². The minimum atomic E-state index is -0.904. The molecule has 1 saturated carbocycles. The summed E-state index contributed by atoms with van der Waals surface area (Å²) < 4.78 is 5.89. The lowest BCUT2D eigenvalue weighted by atomic mass is 10.0. The number of ether oxygens (including phenoxy) is 1. The highest BCUT2D eigenvalue weighted by molar-refractivity contribution is 6.03. The summed E-state index contributed by atoms with van der Waals surface area (Å²) in [5, 5.41) is 10.3. The van der Waals surface area contributed by atoms with Gasteiger partial charge in [-0.25, -0.2) is 9.78 Å². The van der Waals surface area contributed by atoms with E-state index in [0.29, 0.717) is 23.0 Å². The number of piperazine rings is 1. The molecule has 1 aliphatic carbocycles. The molecule has 26 heavy (non-hydrogen) atoms. The predicted octanol–water partition coefficient (Wildman–Crippen LogP) is 2.23. The summed E-state index contributed by atoms with van der Waals surface area (Å²) in [6, 6.07) is 10.1. The SMILES string of the molecule is O=C(O)c1cc(N2CCN3[C@@H](COC[C@@H]3C3CC3)C2)nc2ccccc12. The summed E-state index contributed by atoms with van der Waals surface area (Å²) in [6.07, 6.45) is 2.66. The number of benzene rings is 1. The zero-order valence-corrected chi connectivity index (χ0v) is 14.7. The number of carboxylic acids is 1. The standard InChI is InChI=1S/C20H23N3O3/c24-20(25)16-9-19(21-17-4-2-1-3-15(16)17)22-7-8-23-14(10-22)11-26-12-18(23)13-5-6-13/h1-4,9,13-14,18H,5-8,10-12H2,(H,24,25)/t14-,18-/m1/s1. The fourth-order valence-electron chi connectivity index (χ4n) is 4.47. The van der Waals surface area contributed by atoms with E-state index in [2.05, 4.69) is 9.80 Å². The molecule has 6 heteroatoms. The lowest BCUT2D eigenvalue weighted by molar-refractivity contribution is -0.0603. The number of aromatic carboxylic acids is 1. The maximum Gasteiger partial charge on any atom is 0.336 e. The molecule has 6 nitrogen and oxygen atoms in total. The van der Waals surface area contributed by atoms with Crippen molar-refractivity contribution >= 4 is 22.7 Å². The molecule has 0 amide bonds. The molecule has 3 heterocycles. The van der Waals surface area contributed by atoms with Crippen LogP contribution in [0.5, 0.6) is 0 Å². The van der Waals surface area contributed by atoms with Crippen LogP contribution >= 0.6 is 0 Å². The number of aromatic nitrogens is 1. The number of carbonyl (C=O) groups is 1. The third-order valence-corrected chi connectivity index (χ3v) is 5.98. The number of rotatable bonds is 3. The van der Waals surface area contributed by atoms with Gasteiger partial charge in [0.1, 0.15) is 5.82 Å². The van der Waals surface area contributed by atoms with Crippen LogP contribution in [-0.2, 0) is 4.74 Å². The molecule has 1 aromatic carbocycles. The molecule has 5 rings (SSSR count). The first-order chi connectivity index (χ1) is 12.7. The Labute approximate surface area is 152 Å². The highest BCUT2D eigenvalue weighted by Crippen LogP contribution is 2.38. The molecule has 0 spiro atoms. The van der Waals surface area contributed by atoms with Gasteiger partial charge in [-0.3, -0.25) is 4.90 Å². The molecule has 0 unspecified atom stereocenters. The molecular weight excluding hydrogens is 330 g/mol. The molecule has 3 fully saturated rings. The number of nitrogens with zero attached hydrogens (tertiary/aromatic N) is 3. The highest BCUT2D eigenvalue weighted by atomic mass is 16.5. The van der Waals surface area contributed by atoms with E-state index in [0.717, 1.165) is 50.1 Å². The second-order valence-corrected chi connectivity index (χ2v) is 7.63. The lowest BCUT2D eigenvalue weighted by Crippen LogP contribution is -2.62. The van der Waals surface area contributed by atoms with Crippen molar-refractivity contribution in [3.63, 3.8) is 0 Å². The summed E-state index contributed by atoms with van der Waals surface area (Å²) in [5.41, 5.74) is 1.06. The topological polar surface area (TPSA) is 65.9 Å². The molecule has 2 atom stereocenters. The second-order valence-electron chi connectivity index (χ2n) is 7.63. The Morgan fingerprint density at radius 2 is 2.04 bits per heavy atom. The van der Waals surface area contributed by atoms with Gasteiger partial charge in [-0.05, 0) is 30.9 Å². The van der Waals surface area contributed by atoms with E-state index in [-0.39, 0.29) is 0 Å². The van der Waals surface area contributed by atoms with Crippen LogP contribution in [0.25, 0.3) is 10.9 Å². The van der Waals surface area contributed by atoms with E-state index in [1.165, 1.54) is 12.8 Å². The van der Waals surface area contributed by atoms with Crippen molar-refractivity contribution < 1.29 is 14.6 Å². The normalized spacial score (nSPS) is 26.7. The molecule has 0 radical (unpaired) electrons. The van der Waals surface area contributed by atoms with Gasteiger partial charge in [0.25, 0.3) is 0 Å². The Bertz CT molecular complexity index is 851. The average molecular weight is 353 g/mol. The van der Waals surface area contributed by atoms with Crippen molar-refractivity contribution in [2.24, 2.45) is 5.92 Å². The molecule has 0 bridgehead atoms. The van der Waals surface area contributed by atoms with E-state index in [9.17, 15) is 9.90 Å². The number of morpholine rings is 1. The minimum Gasteiger partial charge on any atom is -0.478 e. The summed E-state index contributed by atoms with van der Waals surface area (Å²) in [7, 11) is 0. The first-order valence-corrected chi connectivity index (χ1v) is 9.42. The van der Waals surface area contributed by atoms with Crippen LogP contribution in [0.1, 0.15) is 23.2 Å². The number of fused-ring (bicyclic) bond motifs is 2. The van der Waals surface area contributed by atoms with Crippen molar-refractivity contribution in [1.29, 1.82) is 0 Å². The van der Waals surface area contributed by atoms with E-state index in [4.69, 9.17) is 9.72 Å². The lowest BCUT2D eigenvalue weighted by Gasteiger charge is -2.48. The molecule has 2 aromatic rings. The number of anilines is 1. The molecule has 3 aliphatic rings. The van der Waals surface area contributed by atoms with Crippen molar-refractivity contribution in [1.82, 2.24) is 9.88 Å². The zero-order valence-electron chi connectivity index (χ0n) is 14.7. The molecule has 1 aromatic heterocycles. The summed E-state index contributed by atoms with van der Waals surface area (Å²) in [5.74, 6) is 0.661. The van der Waals surface area contributed by atoms with Crippen molar-refractivity contribution in [2.75, 3.05) is 37.7 Å². The maximum atomic E-state index is 11.7. The van der Waals surface area contributed by atoms with Crippen LogP contribution in [0.3, 0.4) is 0 Å². The number of carboxylic acid groups (broad SMARTS) is 1. The van der Waals surface area contributed by atoms with Crippen LogP contribution in [0, 0.1) is 5.92 Å². The predicted molar refractivity (Wildman–Crippen MR) is 98.7 cm³/mol. The van der Waals surface area contributed by atoms with Crippen LogP contribution in [0.4, 0.5) is 5.82 Å². The van der Waals surface area contributed by atoms with Crippen LogP contribution in [-0.4, -0.2) is 65.9 Å². The van der Waals surface area contributed by atoms with Gasteiger partial charge in [-0.2, -0.15) is 0 Å². The van der Waals surface area contributed by atoms with Gasteiger partial charge in [0.15, 0.2) is 0 Å². The number of hydrogen-bond donors (Lipinski definition) is 1.